The molecule has 2 aromatic heterocycles. The number of aromatic nitrogens is 4. The fraction of sp³-hybridized carbons (Fsp3) is 0.667. The standard InChI is InChI=1S/C18H29N7O14P2/c1-5-8(19)11(27)9(22-6(2)26)17(36-5)38-13-7(3-35-41(33,34)39-40(30,31)32)37-16(12(13)28)25-4-21-10-14(25)23-18(20)24-15(10)29/h4-5,7-9,11-13,16-17,27-28H,3,19H2,1-2H3,(H,22,26)(H,33,34)(H2,30,31,32)(H3,20,23,24,29)/t5-,7-,8+,9+,11+,12-,13-,16-,17-/m1/s1. The Balaban J connectivity index is 1.67. The van der Waals surface area contributed by atoms with Crippen molar-refractivity contribution in [3.8, 4) is 0 Å². The summed E-state index contributed by atoms with van der Waals surface area (Å²) in [5.74, 6) is -0.864. The van der Waals surface area contributed by atoms with Crippen molar-refractivity contribution in [3.63, 3.8) is 0 Å². The molecule has 2 aliphatic heterocycles. The number of hydrogen-bond donors (Lipinski definition) is 9. The van der Waals surface area contributed by atoms with E-state index in [0.717, 1.165) is 17.8 Å². The van der Waals surface area contributed by atoms with Gasteiger partial charge in [0.05, 0.1) is 31.2 Å². The molecule has 2 fully saturated rings. The number of amides is 1. The number of hydrogen-bond acceptors (Lipinski definition) is 15. The van der Waals surface area contributed by atoms with Gasteiger partial charge in [-0.2, -0.15) is 9.29 Å². The van der Waals surface area contributed by atoms with Crippen LogP contribution in [0.25, 0.3) is 11.2 Å². The van der Waals surface area contributed by atoms with Crippen molar-refractivity contribution in [2.45, 2.75) is 69.0 Å². The number of nitrogen functional groups attached to an aromatic ring is 1. The summed E-state index contributed by atoms with van der Waals surface area (Å²) >= 11 is 0. The lowest BCUT2D eigenvalue weighted by Crippen LogP contribution is -2.66. The Hall–Kier alpha value is -2.36. The molecule has 0 aromatic carbocycles. The van der Waals surface area contributed by atoms with Crippen LogP contribution in [0.4, 0.5) is 5.95 Å². The zero-order valence-corrected chi connectivity index (χ0v) is 23.1. The van der Waals surface area contributed by atoms with Crippen LogP contribution in [-0.4, -0.2) is 106 Å². The number of ether oxygens (including phenoxy) is 3. The Morgan fingerprint density at radius 3 is 2.56 bits per heavy atom. The summed E-state index contributed by atoms with van der Waals surface area (Å²) < 4.78 is 50.1. The number of nitrogens with one attached hydrogen (secondary N) is 2. The minimum atomic E-state index is -5.46. The van der Waals surface area contributed by atoms with Crippen LogP contribution in [0.3, 0.4) is 0 Å². The van der Waals surface area contributed by atoms with Crippen LogP contribution in [0.2, 0.25) is 0 Å². The highest BCUT2D eigenvalue weighted by atomic mass is 31.3. The number of fused-ring (bicyclic) bond motifs is 1. The van der Waals surface area contributed by atoms with E-state index in [0.29, 0.717) is 0 Å². The molecule has 2 aliphatic rings. The van der Waals surface area contributed by atoms with E-state index in [4.69, 9.17) is 35.5 Å². The maximum atomic E-state index is 12.2. The van der Waals surface area contributed by atoms with Crippen molar-refractivity contribution in [2.24, 2.45) is 5.73 Å². The Labute approximate surface area is 229 Å². The van der Waals surface area contributed by atoms with Crippen molar-refractivity contribution in [1.82, 2.24) is 24.8 Å². The minimum Gasteiger partial charge on any atom is -0.389 e. The van der Waals surface area contributed by atoms with Gasteiger partial charge < -0.3 is 55.9 Å². The molecule has 10 atom stereocenters. The number of nitrogens with two attached hydrogens (primary N) is 2. The summed E-state index contributed by atoms with van der Waals surface area (Å²) in [6, 6.07) is -2.19. The molecule has 4 rings (SSSR count). The van der Waals surface area contributed by atoms with Gasteiger partial charge in [0.25, 0.3) is 5.56 Å². The predicted octanol–water partition coefficient (Wildman–Crippen LogP) is -3.49. The molecule has 0 bridgehead atoms. The molecular weight excluding hydrogens is 600 g/mol. The Kier molecular flexibility index (Phi) is 9.03. The van der Waals surface area contributed by atoms with E-state index in [1.807, 2.05) is 0 Å². The first-order valence-electron chi connectivity index (χ1n) is 11.8. The maximum absolute atomic E-state index is 12.2. The monoisotopic (exact) mass is 629 g/mol. The molecule has 23 heteroatoms. The summed E-state index contributed by atoms with van der Waals surface area (Å²) in [6.07, 6.45) is -8.75. The zero-order chi connectivity index (χ0) is 30.4. The van der Waals surface area contributed by atoms with Gasteiger partial charge in [-0.1, -0.05) is 0 Å². The molecule has 1 unspecified atom stereocenters. The van der Waals surface area contributed by atoms with Crippen LogP contribution in [0, 0.1) is 0 Å². The van der Waals surface area contributed by atoms with Crippen LogP contribution in [-0.2, 0) is 37.0 Å². The Bertz CT molecular complexity index is 1430. The number of carbonyl (C=O) groups is 1. The van der Waals surface area contributed by atoms with Crippen molar-refractivity contribution in [3.05, 3.63) is 16.7 Å². The number of aliphatic hydroxyl groups is 2. The SMILES string of the molecule is CC(=O)N[C@@H]1[C@@H](O[C@H]2[C@@H](O)[C@H](n3cnc4c(=O)[nH]c(N)nc43)O[C@@H]2COP(=O)(O)OP(=O)(O)O)O[C@H](C)[C@H](N)[C@@H]1O. The molecule has 0 aliphatic carbocycles. The zero-order valence-electron chi connectivity index (χ0n) is 21.3. The molecule has 2 saturated heterocycles. The molecule has 0 saturated carbocycles. The van der Waals surface area contributed by atoms with Gasteiger partial charge >= 0.3 is 15.6 Å². The lowest BCUT2D eigenvalue weighted by molar-refractivity contribution is -0.261. The number of phosphoric ester groups is 1. The number of rotatable bonds is 9. The number of H-pyrrole nitrogens is 1. The van der Waals surface area contributed by atoms with Gasteiger partial charge in [-0.05, 0) is 6.92 Å². The lowest BCUT2D eigenvalue weighted by atomic mass is 9.95. The lowest BCUT2D eigenvalue weighted by Gasteiger charge is -2.43. The second-order valence-electron chi connectivity index (χ2n) is 9.27. The number of phosphoric acid groups is 2. The van der Waals surface area contributed by atoms with Gasteiger partial charge in [0, 0.05) is 6.92 Å². The topological polar surface area (TPSA) is 326 Å². The molecule has 11 N–H and O–H groups in total. The van der Waals surface area contributed by atoms with Crippen molar-refractivity contribution in [2.75, 3.05) is 12.3 Å². The smallest absolute Gasteiger partial charge is 0.389 e. The number of aliphatic hydroxyl groups excluding tert-OH is 2. The van der Waals surface area contributed by atoms with E-state index in [2.05, 4.69) is 29.1 Å². The third kappa shape index (κ3) is 7.00. The number of aromatic amines is 1. The number of carbonyl (C=O) groups excluding carboxylic acids is 1. The highest BCUT2D eigenvalue weighted by Crippen LogP contribution is 2.57. The fourth-order valence-electron chi connectivity index (χ4n) is 4.43. The molecule has 1 amide bonds. The highest BCUT2D eigenvalue weighted by Gasteiger charge is 2.51. The summed E-state index contributed by atoms with van der Waals surface area (Å²) in [7, 11) is -10.8. The van der Waals surface area contributed by atoms with Crippen molar-refractivity contribution in [1.29, 1.82) is 0 Å². The second-order valence-corrected chi connectivity index (χ2v) is 12.1. The summed E-state index contributed by atoms with van der Waals surface area (Å²) in [4.78, 5) is 61.7. The average Bonchev–Trinajstić information content (AvgIpc) is 3.38. The molecule has 230 valence electrons. The van der Waals surface area contributed by atoms with Crippen LogP contribution < -0.4 is 22.3 Å². The first kappa shape index (κ1) is 31.6. The van der Waals surface area contributed by atoms with E-state index in [1.54, 1.807) is 0 Å². The van der Waals surface area contributed by atoms with Crippen LogP contribution in [0.5, 0.6) is 0 Å². The van der Waals surface area contributed by atoms with Gasteiger partial charge in [-0.15, -0.1) is 0 Å². The highest BCUT2D eigenvalue weighted by molar-refractivity contribution is 7.60. The third-order valence-corrected chi connectivity index (χ3v) is 8.40. The van der Waals surface area contributed by atoms with Gasteiger partial charge in [0.15, 0.2) is 23.7 Å². The van der Waals surface area contributed by atoms with Gasteiger partial charge in [0.2, 0.25) is 11.9 Å². The largest absolute Gasteiger partial charge is 0.481 e. The predicted molar refractivity (Wildman–Crippen MR) is 132 cm³/mol. The number of anilines is 1. The van der Waals surface area contributed by atoms with Crippen LogP contribution in [0.1, 0.15) is 20.1 Å². The van der Waals surface area contributed by atoms with E-state index < -0.39 is 88.8 Å². The minimum absolute atomic E-state index is 0.117. The Morgan fingerprint density at radius 1 is 1.24 bits per heavy atom. The fourth-order valence-corrected chi connectivity index (χ4v) is 6.03. The normalized spacial score (nSPS) is 34.0. The molecule has 4 heterocycles. The van der Waals surface area contributed by atoms with Crippen LogP contribution in [0.15, 0.2) is 11.1 Å². The van der Waals surface area contributed by atoms with Crippen LogP contribution >= 0.6 is 15.6 Å². The third-order valence-electron chi connectivity index (χ3n) is 6.25. The van der Waals surface area contributed by atoms with E-state index in [1.165, 1.54) is 6.92 Å². The first-order valence-corrected chi connectivity index (χ1v) is 14.8. The summed E-state index contributed by atoms with van der Waals surface area (Å²) in [5, 5.41) is 24.4. The quantitative estimate of drug-likeness (QED) is 0.121. The number of nitrogens with zero attached hydrogens (tertiary/aromatic N) is 3. The molecule has 2 aromatic rings. The number of imidazole rings is 1. The van der Waals surface area contributed by atoms with E-state index >= 15 is 0 Å². The van der Waals surface area contributed by atoms with Gasteiger partial charge in [0.1, 0.15) is 24.4 Å². The Morgan fingerprint density at radius 2 is 1.93 bits per heavy atom. The van der Waals surface area contributed by atoms with Crippen molar-refractivity contribution >= 4 is 38.7 Å². The molecule has 0 spiro atoms. The summed E-state index contributed by atoms with van der Waals surface area (Å²) in [6.45, 7) is 1.73. The molecule has 41 heavy (non-hydrogen) atoms. The summed E-state index contributed by atoms with van der Waals surface area (Å²) in [5.41, 5.74) is 10.6. The van der Waals surface area contributed by atoms with Crippen molar-refractivity contribution < 1.29 is 61.9 Å². The molecular formula is C18H29N7O14P2. The molecule has 21 nitrogen and oxygen atoms in total. The first-order chi connectivity index (χ1) is 19.0. The second kappa shape index (κ2) is 11.7. The van der Waals surface area contributed by atoms with Gasteiger partial charge in [-0.25, -0.2) is 14.1 Å². The van der Waals surface area contributed by atoms with Gasteiger partial charge in [-0.3, -0.25) is 23.7 Å². The maximum Gasteiger partial charge on any atom is 0.481 e. The molecule has 0 radical (unpaired) electrons. The van der Waals surface area contributed by atoms with E-state index in [-0.39, 0.29) is 17.1 Å². The average molecular weight is 629 g/mol. The van der Waals surface area contributed by atoms with E-state index in [9.17, 15) is 33.8 Å².